The lowest BCUT2D eigenvalue weighted by Crippen LogP contribution is -2.51. The second kappa shape index (κ2) is 7.26. The number of carbonyl (C=O) groups excluding carboxylic acids is 3. The lowest BCUT2D eigenvalue weighted by Gasteiger charge is -2.30. The van der Waals surface area contributed by atoms with Gasteiger partial charge in [0.05, 0.1) is 6.04 Å². The van der Waals surface area contributed by atoms with E-state index >= 15 is 0 Å². The molecule has 0 bridgehead atoms. The molecule has 1 fully saturated rings. The summed E-state index contributed by atoms with van der Waals surface area (Å²) in [4.78, 5) is 36.7. The predicted molar refractivity (Wildman–Crippen MR) is 93.1 cm³/mol. The third kappa shape index (κ3) is 3.90. The van der Waals surface area contributed by atoms with Crippen LogP contribution in [0.2, 0.25) is 0 Å². The van der Waals surface area contributed by atoms with E-state index in [9.17, 15) is 14.4 Å². The molecule has 0 spiro atoms. The molecular weight excluding hydrogens is 304 g/mol. The number of rotatable bonds is 5. The van der Waals surface area contributed by atoms with E-state index in [1.165, 1.54) is 0 Å². The van der Waals surface area contributed by atoms with Gasteiger partial charge in [0.2, 0.25) is 11.8 Å². The van der Waals surface area contributed by atoms with E-state index in [0.717, 1.165) is 11.9 Å². The van der Waals surface area contributed by atoms with Gasteiger partial charge in [-0.25, -0.2) is 0 Å². The molecule has 0 radical (unpaired) electrons. The van der Waals surface area contributed by atoms with Crippen molar-refractivity contribution in [2.75, 3.05) is 13.6 Å². The molecule has 5 nitrogen and oxygen atoms in total. The summed E-state index contributed by atoms with van der Waals surface area (Å²) in [5, 5.41) is 2.38. The van der Waals surface area contributed by atoms with Crippen molar-refractivity contribution in [1.29, 1.82) is 0 Å². The van der Waals surface area contributed by atoms with Crippen molar-refractivity contribution in [2.45, 2.75) is 39.7 Å². The topological polar surface area (TPSA) is 66.5 Å². The predicted octanol–water partition coefficient (Wildman–Crippen LogP) is 2.01. The van der Waals surface area contributed by atoms with Crippen molar-refractivity contribution in [3.05, 3.63) is 35.5 Å². The summed E-state index contributed by atoms with van der Waals surface area (Å²) in [5.74, 6) is -0.0743. The number of allylic oxidation sites excluding steroid dienone is 4. The summed E-state index contributed by atoms with van der Waals surface area (Å²) in [6.07, 6.45) is 9.78. The van der Waals surface area contributed by atoms with Gasteiger partial charge in [-0.05, 0) is 25.0 Å². The monoisotopic (exact) mass is 330 g/mol. The van der Waals surface area contributed by atoms with Crippen LogP contribution in [0, 0.1) is 11.3 Å². The van der Waals surface area contributed by atoms with E-state index in [-0.39, 0.29) is 23.3 Å². The smallest absolute Gasteiger partial charge is 0.243 e. The maximum atomic E-state index is 12.0. The maximum absolute atomic E-state index is 12.0. The minimum atomic E-state index is -0.347. The highest BCUT2D eigenvalue weighted by Gasteiger charge is 2.30. The van der Waals surface area contributed by atoms with Gasteiger partial charge in [0.25, 0.3) is 0 Å². The zero-order valence-electron chi connectivity index (χ0n) is 14.8. The molecule has 0 aromatic carbocycles. The van der Waals surface area contributed by atoms with Gasteiger partial charge in [-0.2, -0.15) is 0 Å². The van der Waals surface area contributed by atoms with Gasteiger partial charge < -0.3 is 0 Å². The van der Waals surface area contributed by atoms with Crippen LogP contribution in [0.5, 0.6) is 0 Å². The lowest BCUT2D eigenvalue weighted by atomic mass is 9.79. The maximum Gasteiger partial charge on any atom is 0.243 e. The second-order valence-corrected chi connectivity index (χ2v) is 7.17. The molecule has 1 N–H and O–H groups in total. The molecule has 0 aromatic heterocycles. The van der Waals surface area contributed by atoms with Crippen molar-refractivity contribution in [1.82, 2.24) is 10.2 Å². The quantitative estimate of drug-likeness (QED) is 0.618. The number of hydrogen-bond acceptors (Lipinski definition) is 4. The number of nitrogens with zero attached hydrogens (tertiary/aromatic N) is 1. The van der Waals surface area contributed by atoms with Crippen LogP contribution in [0.25, 0.3) is 0 Å². The highest BCUT2D eigenvalue weighted by molar-refractivity contribution is 6.00. The first kappa shape index (κ1) is 18.3. The number of hydrogen-bond donors (Lipinski definition) is 1. The Morgan fingerprint density at radius 2 is 2.00 bits per heavy atom. The normalized spacial score (nSPS) is 27.7. The Morgan fingerprint density at radius 1 is 1.33 bits per heavy atom. The first-order chi connectivity index (χ1) is 11.3. The summed E-state index contributed by atoms with van der Waals surface area (Å²) in [7, 11) is 1.85. The van der Waals surface area contributed by atoms with Crippen LogP contribution >= 0.6 is 0 Å². The average Bonchev–Trinajstić information content (AvgIpc) is 2.67. The number of likely N-dealkylation sites (N-methyl/N-ethyl adjacent to an activating group) is 1. The molecule has 2 atom stereocenters. The number of imide groups is 1. The zero-order chi connectivity index (χ0) is 17.9. The van der Waals surface area contributed by atoms with Crippen LogP contribution in [0.15, 0.2) is 35.5 Å². The first-order valence-corrected chi connectivity index (χ1v) is 8.37. The van der Waals surface area contributed by atoms with Gasteiger partial charge in [-0.1, -0.05) is 45.1 Å². The molecule has 130 valence electrons. The molecule has 24 heavy (non-hydrogen) atoms. The van der Waals surface area contributed by atoms with Gasteiger partial charge >= 0.3 is 0 Å². The first-order valence-electron chi connectivity index (χ1n) is 8.37. The van der Waals surface area contributed by atoms with E-state index in [1.807, 2.05) is 24.1 Å². The molecule has 1 heterocycles. The largest absolute Gasteiger partial charge is 0.298 e. The Bertz CT molecular complexity index is 631. The molecule has 2 unspecified atom stereocenters. The Labute approximate surface area is 143 Å². The van der Waals surface area contributed by atoms with Crippen molar-refractivity contribution < 1.29 is 14.4 Å². The molecule has 2 aliphatic rings. The Hall–Kier alpha value is -2.01. The van der Waals surface area contributed by atoms with Crippen molar-refractivity contribution in [3.63, 3.8) is 0 Å². The third-order valence-corrected chi connectivity index (χ3v) is 5.17. The van der Waals surface area contributed by atoms with Crippen LogP contribution in [0.3, 0.4) is 0 Å². The van der Waals surface area contributed by atoms with Crippen LogP contribution < -0.4 is 5.32 Å². The fraction of sp³-hybridized carbons (Fsp3) is 0.526. The number of carbonyl (C=O) groups is 3. The van der Waals surface area contributed by atoms with Crippen LogP contribution in [-0.2, 0) is 14.4 Å². The Balaban J connectivity index is 2.19. The SMILES string of the molecule is CC(C)C1(C)C=CC(C=O)=C(CN(C)C2CCC(=O)NC2=O)C=C1. The van der Waals surface area contributed by atoms with Crippen molar-refractivity contribution in [3.8, 4) is 0 Å². The number of piperidine rings is 1. The Kier molecular flexibility index (Phi) is 5.54. The molecule has 1 saturated heterocycles. The molecule has 0 aromatic rings. The molecule has 2 amide bonds. The molecular formula is C19H26N2O3. The summed E-state index contributed by atoms with van der Waals surface area (Å²) in [6.45, 7) is 6.92. The minimum absolute atomic E-state index is 0.108. The third-order valence-electron chi connectivity index (χ3n) is 5.17. The van der Waals surface area contributed by atoms with E-state index < -0.39 is 0 Å². The number of aldehydes is 1. The van der Waals surface area contributed by atoms with Gasteiger partial charge in [0.1, 0.15) is 6.29 Å². The minimum Gasteiger partial charge on any atom is -0.298 e. The second-order valence-electron chi connectivity index (χ2n) is 7.17. The molecule has 5 heteroatoms. The van der Waals surface area contributed by atoms with Gasteiger partial charge in [0, 0.05) is 24.0 Å². The van der Waals surface area contributed by atoms with Crippen molar-refractivity contribution in [2.24, 2.45) is 11.3 Å². The standard InChI is InChI=1S/C19H26N2O3/c1-13(2)19(3)9-7-14(15(12-22)8-10-19)11-21(4)16-5-6-17(23)20-18(16)24/h7-10,12-13,16H,5-6,11H2,1-4H3,(H,20,23,24). The highest BCUT2D eigenvalue weighted by Crippen LogP contribution is 2.33. The van der Waals surface area contributed by atoms with E-state index in [1.54, 1.807) is 0 Å². The molecule has 1 aliphatic carbocycles. The molecule has 0 saturated carbocycles. The van der Waals surface area contributed by atoms with E-state index in [4.69, 9.17) is 0 Å². The van der Waals surface area contributed by atoms with Gasteiger partial charge in [-0.3, -0.25) is 24.6 Å². The van der Waals surface area contributed by atoms with E-state index in [0.29, 0.717) is 30.9 Å². The summed E-state index contributed by atoms with van der Waals surface area (Å²) < 4.78 is 0. The van der Waals surface area contributed by atoms with Gasteiger partial charge in [0.15, 0.2) is 0 Å². The van der Waals surface area contributed by atoms with Crippen LogP contribution in [0.4, 0.5) is 0 Å². The van der Waals surface area contributed by atoms with Crippen LogP contribution in [-0.4, -0.2) is 42.6 Å². The van der Waals surface area contributed by atoms with Gasteiger partial charge in [-0.15, -0.1) is 0 Å². The van der Waals surface area contributed by atoms with E-state index in [2.05, 4.69) is 38.2 Å². The summed E-state index contributed by atoms with van der Waals surface area (Å²) in [6, 6.07) is -0.347. The summed E-state index contributed by atoms with van der Waals surface area (Å²) in [5.41, 5.74) is 1.41. The molecule has 2 rings (SSSR count). The van der Waals surface area contributed by atoms with Crippen LogP contribution in [0.1, 0.15) is 33.6 Å². The fourth-order valence-corrected chi connectivity index (χ4v) is 2.93. The number of amides is 2. The van der Waals surface area contributed by atoms with Crippen molar-refractivity contribution >= 4 is 18.1 Å². The Morgan fingerprint density at radius 3 is 2.58 bits per heavy atom. The lowest BCUT2D eigenvalue weighted by molar-refractivity contribution is -0.137. The number of nitrogens with one attached hydrogen (secondary N) is 1. The molecule has 1 aliphatic heterocycles. The average molecular weight is 330 g/mol. The zero-order valence-corrected chi connectivity index (χ0v) is 14.8. The fourth-order valence-electron chi connectivity index (χ4n) is 2.93. The summed E-state index contributed by atoms with van der Waals surface area (Å²) >= 11 is 0. The highest BCUT2D eigenvalue weighted by atomic mass is 16.2.